The summed E-state index contributed by atoms with van der Waals surface area (Å²) in [6, 6.07) is 7.31. The molecular weight excluding hydrogens is 230 g/mol. The normalized spacial score (nSPS) is 15.0. The molecule has 1 aliphatic heterocycles. The van der Waals surface area contributed by atoms with E-state index in [1.165, 1.54) is 7.11 Å². The SMILES string of the molecule is COC(=O)c1ccc(N2CCNCC2)cc1C#N. The minimum atomic E-state index is -0.474. The molecule has 1 saturated heterocycles. The van der Waals surface area contributed by atoms with Crippen LogP contribution in [0.2, 0.25) is 0 Å². The van der Waals surface area contributed by atoms with E-state index in [0.717, 1.165) is 31.9 Å². The Labute approximate surface area is 106 Å². The number of benzene rings is 1. The number of esters is 1. The molecule has 5 heteroatoms. The molecule has 0 radical (unpaired) electrons. The number of ether oxygens (including phenoxy) is 1. The van der Waals surface area contributed by atoms with Gasteiger partial charge in [0.25, 0.3) is 0 Å². The third-order valence-electron chi connectivity index (χ3n) is 3.01. The molecule has 2 rings (SSSR count). The first kappa shape index (κ1) is 12.4. The van der Waals surface area contributed by atoms with Gasteiger partial charge in [0.2, 0.25) is 0 Å². The number of methoxy groups -OCH3 is 1. The molecule has 1 fully saturated rings. The number of carbonyl (C=O) groups is 1. The Morgan fingerprint density at radius 2 is 2.17 bits per heavy atom. The molecule has 0 spiro atoms. The predicted octanol–water partition coefficient (Wildman–Crippen LogP) is 0.754. The second-order valence-corrected chi connectivity index (χ2v) is 4.07. The fourth-order valence-electron chi connectivity index (χ4n) is 2.03. The number of nitrogens with zero attached hydrogens (tertiary/aromatic N) is 2. The highest BCUT2D eigenvalue weighted by Crippen LogP contribution is 2.20. The molecule has 0 unspecified atom stereocenters. The lowest BCUT2D eigenvalue weighted by Gasteiger charge is -2.29. The van der Waals surface area contributed by atoms with Crippen LogP contribution in [0.25, 0.3) is 0 Å². The molecule has 5 nitrogen and oxygen atoms in total. The molecular formula is C13H15N3O2. The largest absolute Gasteiger partial charge is 0.465 e. The molecule has 0 atom stereocenters. The van der Waals surface area contributed by atoms with Crippen LogP contribution in [0.4, 0.5) is 5.69 Å². The Hall–Kier alpha value is -2.06. The number of piperazine rings is 1. The molecule has 0 aromatic heterocycles. The smallest absolute Gasteiger partial charge is 0.339 e. The van der Waals surface area contributed by atoms with Gasteiger partial charge in [-0.3, -0.25) is 0 Å². The quantitative estimate of drug-likeness (QED) is 0.779. The topological polar surface area (TPSA) is 65.4 Å². The number of anilines is 1. The van der Waals surface area contributed by atoms with Crippen molar-refractivity contribution in [2.45, 2.75) is 0 Å². The lowest BCUT2D eigenvalue weighted by Crippen LogP contribution is -2.43. The molecule has 1 aromatic carbocycles. The zero-order chi connectivity index (χ0) is 13.0. The Kier molecular flexibility index (Phi) is 3.80. The fraction of sp³-hybridized carbons (Fsp3) is 0.385. The van der Waals surface area contributed by atoms with Crippen LogP contribution in [-0.2, 0) is 4.74 Å². The van der Waals surface area contributed by atoms with Crippen LogP contribution >= 0.6 is 0 Å². The van der Waals surface area contributed by atoms with Crippen molar-refractivity contribution in [1.82, 2.24) is 5.32 Å². The van der Waals surface area contributed by atoms with E-state index in [4.69, 9.17) is 5.26 Å². The van der Waals surface area contributed by atoms with Gasteiger partial charge in [0, 0.05) is 31.9 Å². The zero-order valence-corrected chi connectivity index (χ0v) is 10.3. The van der Waals surface area contributed by atoms with Crippen molar-refractivity contribution < 1.29 is 9.53 Å². The van der Waals surface area contributed by atoms with Crippen LogP contribution in [-0.4, -0.2) is 39.3 Å². The summed E-state index contributed by atoms with van der Waals surface area (Å²) < 4.78 is 4.65. The van der Waals surface area contributed by atoms with Crippen molar-refractivity contribution in [3.8, 4) is 6.07 Å². The molecule has 0 amide bonds. The summed E-state index contributed by atoms with van der Waals surface area (Å²) in [6.45, 7) is 3.67. The lowest BCUT2D eigenvalue weighted by atomic mass is 10.1. The van der Waals surface area contributed by atoms with E-state index < -0.39 is 5.97 Å². The summed E-state index contributed by atoms with van der Waals surface area (Å²) in [6.07, 6.45) is 0. The average Bonchev–Trinajstić information content (AvgIpc) is 2.46. The zero-order valence-electron chi connectivity index (χ0n) is 10.3. The Bertz CT molecular complexity index is 487. The standard InChI is InChI=1S/C13H15N3O2/c1-18-13(17)12-3-2-11(8-10(12)9-14)16-6-4-15-5-7-16/h2-3,8,15H,4-7H2,1H3. The van der Waals surface area contributed by atoms with Gasteiger partial charge in [-0.1, -0.05) is 0 Å². The van der Waals surface area contributed by atoms with E-state index in [0.29, 0.717) is 11.1 Å². The van der Waals surface area contributed by atoms with Crippen molar-refractivity contribution in [2.75, 3.05) is 38.2 Å². The highest BCUT2D eigenvalue weighted by atomic mass is 16.5. The summed E-state index contributed by atoms with van der Waals surface area (Å²) in [4.78, 5) is 13.7. The highest BCUT2D eigenvalue weighted by molar-refractivity contribution is 5.92. The van der Waals surface area contributed by atoms with Crippen molar-refractivity contribution in [3.05, 3.63) is 29.3 Å². The van der Waals surface area contributed by atoms with E-state index in [-0.39, 0.29) is 0 Å². The van der Waals surface area contributed by atoms with Gasteiger partial charge in [0.05, 0.1) is 18.2 Å². The van der Waals surface area contributed by atoms with Crippen LogP contribution in [0.3, 0.4) is 0 Å². The van der Waals surface area contributed by atoms with Crippen LogP contribution in [0.5, 0.6) is 0 Å². The number of rotatable bonds is 2. The lowest BCUT2D eigenvalue weighted by molar-refractivity contribution is 0.0600. The van der Waals surface area contributed by atoms with Gasteiger partial charge in [-0.05, 0) is 18.2 Å². The predicted molar refractivity (Wildman–Crippen MR) is 67.6 cm³/mol. The Morgan fingerprint density at radius 1 is 1.44 bits per heavy atom. The third kappa shape index (κ3) is 2.44. The van der Waals surface area contributed by atoms with Gasteiger partial charge in [-0.2, -0.15) is 5.26 Å². The van der Waals surface area contributed by atoms with E-state index in [1.54, 1.807) is 12.1 Å². The molecule has 0 saturated carbocycles. The minimum Gasteiger partial charge on any atom is -0.465 e. The van der Waals surface area contributed by atoms with Crippen molar-refractivity contribution in [3.63, 3.8) is 0 Å². The molecule has 1 aromatic rings. The first-order chi connectivity index (χ1) is 8.76. The highest BCUT2D eigenvalue weighted by Gasteiger charge is 2.15. The van der Waals surface area contributed by atoms with Crippen molar-refractivity contribution in [2.24, 2.45) is 0 Å². The van der Waals surface area contributed by atoms with Gasteiger partial charge in [-0.25, -0.2) is 4.79 Å². The summed E-state index contributed by atoms with van der Waals surface area (Å²) in [5.74, 6) is -0.474. The first-order valence-electron chi connectivity index (χ1n) is 5.84. The molecule has 0 aliphatic carbocycles. The first-order valence-corrected chi connectivity index (χ1v) is 5.84. The summed E-state index contributed by atoms with van der Waals surface area (Å²) >= 11 is 0. The van der Waals surface area contributed by atoms with Crippen LogP contribution < -0.4 is 10.2 Å². The molecule has 0 bridgehead atoms. The second kappa shape index (κ2) is 5.52. The maximum atomic E-state index is 11.5. The third-order valence-corrected chi connectivity index (χ3v) is 3.01. The summed E-state index contributed by atoms with van der Waals surface area (Å²) in [5, 5.41) is 12.4. The molecule has 94 valence electrons. The average molecular weight is 245 g/mol. The number of nitrogens with one attached hydrogen (secondary N) is 1. The molecule has 1 heterocycles. The molecule has 1 N–H and O–H groups in total. The Morgan fingerprint density at radius 3 is 2.78 bits per heavy atom. The van der Waals surface area contributed by atoms with Gasteiger partial charge in [-0.15, -0.1) is 0 Å². The van der Waals surface area contributed by atoms with Crippen LogP contribution in [0.1, 0.15) is 15.9 Å². The Balaban J connectivity index is 2.29. The summed E-state index contributed by atoms with van der Waals surface area (Å²) in [7, 11) is 1.31. The minimum absolute atomic E-state index is 0.318. The maximum absolute atomic E-state index is 11.5. The van der Waals surface area contributed by atoms with E-state index in [1.807, 2.05) is 12.1 Å². The fourth-order valence-corrected chi connectivity index (χ4v) is 2.03. The monoisotopic (exact) mass is 245 g/mol. The van der Waals surface area contributed by atoms with Gasteiger partial charge in [0.1, 0.15) is 6.07 Å². The molecule has 18 heavy (non-hydrogen) atoms. The van der Waals surface area contributed by atoms with E-state index in [2.05, 4.69) is 15.0 Å². The number of hydrogen-bond donors (Lipinski definition) is 1. The number of hydrogen-bond acceptors (Lipinski definition) is 5. The molecule has 1 aliphatic rings. The van der Waals surface area contributed by atoms with Crippen molar-refractivity contribution >= 4 is 11.7 Å². The van der Waals surface area contributed by atoms with Crippen LogP contribution in [0.15, 0.2) is 18.2 Å². The van der Waals surface area contributed by atoms with Crippen molar-refractivity contribution in [1.29, 1.82) is 5.26 Å². The van der Waals surface area contributed by atoms with Gasteiger partial charge < -0.3 is 15.0 Å². The van der Waals surface area contributed by atoms with E-state index >= 15 is 0 Å². The van der Waals surface area contributed by atoms with Gasteiger partial charge in [0.15, 0.2) is 0 Å². The number of carbonyl (C=O) groups excluding carboxylic acids is 1. The van der Waals surface area contributed by atoms with Crippen LogP contribution in [0, 0.1) is 11.3 Å². The second-order valence-electron chi connectivity index (χ2n) is 4.07. The van der Waals surface area contributed by atoms with Gasteiger partial charge >= 0.3 is 5.97 Å². The number of nitriles is 1. The maximum Gasteiger partial charge on any atom is 0.339 e. The van der Waals surface area contributed by atoms with E-state index in [9.17, 15) is 4.79 Å². The summed E-state index contributed by atoms with van der Waals surface area (Å²) in [5.41, 5.74) is 1.65.